The molecule has 1 aromatic carbocycles. The van der Waals surface area contributed by atoms with Gasteiger partial charge in [-0.25, -0.2) is 0 Å². The molecule has 2 amide bonds. The van der Waals surface area contributed by atoms with Crippen LogP contribution >= 0.6 is 0 Å². The summed E-state index contributed by atoms with van der Waals surface area (Å²) in [6.07, 6.45) is 3.11. The summed E-state index contributed by atoms with van der Waals surface area (Å²) in [5.74, 6) is 0.0555. The molecule has 1 aromatic heterocycles. The maximum atomic E-state index is 12.3. The molecule has 0 bridgehead atoms. The molecule has 1 aliphatic rings. The number of nitrogens with one attached hydrogen (secondary N) is 1. The second-order valence-electron chi connectivity index (χ2n) is 5.69. The number of piperidine rings is 1. The molecule has 22 heavy (non-hydrogen) atoms. The number of fused-ring (bicyclic) bond motifs is 1. The maximum absolute atomic E-state index is 12.3. The summed E-state index contributed by atoms with van der Waals surface area (Å²) in [4.78, 5) is 29.8. The van der Waals surface area contributed by atoms with Crippen LogP contribution in [-0.4, -0.2) is 34.8 Å². The number of hydrogen-bond acceptors (Lipinski definition) is 3. The average molecular weight is 297 g/mol. The van der Waals surface area contributed by atoms with Gasteiger partial charge in [-0.3, -0.25) is 14.6 Å². The topological polar surface area (TPSA) is 62.3 Å². The van der Waals surface area contributed by atoms with Crippen LogP contribution in [0.1, 0.15) is 19.8 Å². The van der Waals surface area contributed by atoms with Gasteiger partial charge in [-0.1, -0.05) is 18.2 Å². The van der Waals surface area contributed by atoms with E-state index in [0.29, 0.717) is 25.9 Å². The highest BCUT2D eigenvalue weighted by Crippen LogP contribution is 2.21. The van der Waals surface area contributed by atoms with Gasteiger partial charge in [0.25, 0.3) is 0 Å². The Morgan fingerprint density at radius 2 is 1.95 bits per heavy atom. The largest absolute Gasteiger partial charge is 0.343 e. The molecule has 1 N–H and O–H groups in total. The van der Waals surface area contributed by atoms with Crippen LogP contribution in [0, 0.1) is 5.92 Å². The summed E-state index contributed by atoms with van der Waals surface area (Å²) < 4.78 is 0. The summed E-state index contributed by atoms with van der Waals surface area (Å²) in [6, 6.07) is 9.75. The van der Waals surface area contributed by atoms with Gasteiger partial charge in [0.2, 0.25) is 11.8 Å². The van der Waals surface area contributed by atoms with E-state index in [4.69, 9.17) is 0 Å². The molecule has 1 fully saturated rings. The number of carbonyl (C=O) groups excluding carboxylic acids is 2. The molecule has 1 saturated heterocycles. The Morgan fingerprint density at radius 1 is 1.23 bits per heavy atom. The molecule has 1 aliphatic heterocycles. The molecule has 0 atom stereocenters. The first kappa shape index (κ1) is 14.5. The Bertz CT molecular complexity index is 706. The van der Waals surface area contributed by atoms with E-state index < -0.39 is 0 Å². The Balaban J connectivity index is 1.65. The molecule has 0 aliphatic carbocycles. The third kappa shape index (κ3) is 3.08. The molecule has 114 valence electrons. The monoisotopic (exact) mass is 297 g/mol. The first-order valence-electron chi connectivity index (χ1n) is 7.54. The fourth-order valence-electron chi connectivity index (χ4n) is 2.84. The van der Waals surface area contributed by atoms with Crippen molar-refractivity contribution in [2.24, 2.45) is 5.92 Å². The van der Waals surface area contributed by atoms with Gasteiger partial charge in [-0.2, -0.15) is 0 Å². The lowest BCUT2D eigenvalue weighted by Gasteiger charge is -2.30. The lowest BCUT2D eigenvalue weighted by atomic mass is 9.96. The molecule has 0 saturated carbocycles. The van der Waals surface area contributed by atoms with Crippen molar-refractivity contribution in [3.05, 3.63) is 36.5 Å². The Kier molecular flexibility index (Phi) is 4.04. The van der Waals surface area contributed by atoms with Crippen molar-refractivity contribution in [1.82, 2.24) is 9.88 Å². The Morgan fingerprint density at radius 3 is 2.68 bits per heavy atom. The first-order valence-corrected chi connectivity index (χ1v) is 7.54. The van der Waals surface area contributed by atoms with E-state index in [1.165, 1.54) is 0 Å². The minimum atomic E-state index is -0.0397. The van der Waals surface area contributed by atoms with Crippen molar-refractivity contribution in [3.8, 4) is 0 Å². The SMILES string of the molecule is CC(=O)N1CCC(C(=O)Nc2cnc3ccccc3c2)CC1. The van der Waals surface area contributed by atoms with Gasteiger partial charge in [0.05, 0.1) is 17.4 Å². The highest BCUT2D eigenvalue weighted by Gasteiger charge is 2.26. The van der Waals surface area contributed by atoms with E-state index >= 15 is 0 Å². The van der Waals surface area contributed by atoms with Crippen LogP contribution in [0.15, 0.2) is 36.5 Å². The van der Waals surface area contributed by atoms with E-state index in [-0.39, 0.29) is 17.7 Å². The second kappa shape index (κ2) is 6.13. The molecular weight excluding hydrogens is 278 g/mol. The molecule has 0 radical (unpaired) electrons. The van der Waals surface area contributed by atoms with Gasteiger partial charge >= 0.3 is 0 Å². The first-order chi connectivity index (χ1) is 10.6. The minimum absolute atomic E-state index is 0.0142. The number of para-hydroxylation sites is 1. The van der Waals surface area contributed by atoms with Gasteiger partial charge < -0.3 is 10.2 Å². The van der Waals surface area contributed by atoms with Crippen molar-refractivity contribution in [1.29, 1.82) is 0 Å². The summed E-state index contributed by atoms with van der Waals surface area (Å²) in [7, 11) is 0. The van der Waals surface area contributed by atoms with Gasteiger partial charge in [0.1, 0.15) is 0 Å². The molecular formula is C17H19N3O2. The summed E-state index contributed by atoms with van der Waals surface area (Å²) in [5.41, 5.74) is 1.63. The summed E-state index contributed by atoms with van der Waals surface area (Å²) >= 11 is 0. The predicted molar refractivity (Wildman–Crippen MR) is 85.4 cm³/mol. The van der Waals surface area contributed by atoms with Crippen LogP contribution in [0.2, 0.25) is 0 Å². The summed E-state index contributed by atoms with van der Waals surface area (Å²) in [5, 5.41) is 3.95. The normalized spacial score (nSPS) is 15.8. The zero-order valence-corrected chi connectivity index (χ0v) is 12.6. The third-order valence-electron chi connectivity index (χ3n) is 4.17. The maximum Gasteiger partial charge on any atom is 0.227 e. The van der Waals surface area contributed by atoms with Crippen molar-refractivity contribution < 1.29 is 9.59 Å². The zero-order chi connectivity index (χ0) is 15.5. The molecule has 3 rings (SSSR count). The summed E-state index contributed by atoms with van der Waals surface area (Å²) in [6.45, 7) is 2.88. The number of anilines is 1. The highest BCUT2D eigenvalue weighted by molar-refractivity contribution is 5.94. The van der Waals surface area contributed by atoms with E-state index in [1.54, 1.807) is 18.0 Å². The van der Waals surface area contributed by atoms with Crippen LogP contribution in [0.4, 0.5) is 5.69 Å². The lowest BCUT2D eigenvalue weighted by molar-refractivity contribution is -0.132. The number of hydrogen-bond donors (Lipinski definition) is 1. The van der Waals surface area contributed by atoms with Gasteiger partial charge in [-0.15, -0.1) is 0 Å². The van der Waals surface area contributed by atoms with Crippen LogP contribution in [-0.2, 0) is 9.59 Å². The number of rotatable bonds is 2. The van der Waals surface area contributed by atoms with Crippen molar-refractivity contribution in [3.63, 3.8) is 0 Å². The second-order valence-corrected chi connectivity index (χ2v) is 5.69. The smallest absolute Gasteiger partial charge is 0.227 e. The van der Waals surface area contributed by atoms with Crippen molar-refractivity contribution in [2.45, 2.75) is 19.8 Å². The van der Waals surface area contributed by atoms with Crippen LogP contribution in [0.5, 0.6) is 0 Å². The number of carbonyl (C=O) groups is 2. The zero-order valence-electron chi connectivity index (χ0n) is 12.6. The number of pyridine rings is 1. The molecule has 5 heteroatoms. The molecule has 5 nitrogen and oxygen atoms in total. The van der Waals surface area contributed by atoms with Crippen molar-refractivity contribution in [2.75, 3.05) is 18.4 Å². The van der Waals surface area contributed by atoms with Crippen LogP contribution < -0.4 is 5.32 Å². The quantitative estimate of drug-likeness (QED) is 0.926. The predicted octanol–water partition coefficient (Wildman–Crippen LogP) is 2.43. The molecule has 0 unspecified atom stereocenters. The number of benzene rings is 1. The Labute approximate surface area is 129 Å². The van der Waals surface area contributed by atoms with Crippen molar-refractivity contribution >= 4 is 28.4 Å². The fraction of sp³-hybridized carbons (Fsp3) is 0.353. The van der Waals surface area contributed by atoms with Crippen LogP contribution in [0.3, 0.4) is 0 Å². The van der Waals surface area contributed by atoms with E-state index in [2.05, 4.69) is 10.3 Å². The van der Waals surface area contributed by atoms with Crippen LogP contribution in [0.25, 0.3) is 10.9 Å². The molecule has 2 heterocycles. The van der Waals surface area contributed by atoms with E-state index in [9.17, 15) is 9.59 Å². The standard InChI is InChI=1S/C17H19N3O2/c1-12(21)20-8-6-13(7-9-20)17(22)19-15-10-14-4-2-3-5-16(14)18-11-15/h2-5,10-11,13H,6-9H2,1H3,(H,19,22). The number of aromatic nitrogens is 1. The van der Waals surface area contributed by atoms with E-state index in [1.807, 2.05) is 30.3 Å². The lowest BCUT2D eigenvalue weighted by Crippen LogP contribution is -2.40. The van der Waals surface area contributed by atoms with Gasteiger partial charge in [0.15, 0.2) is 0 Å². The molecule has 0 spiro atoms. The number of nitrogens with zero attached hydrogens (tertiary/aromatic N) is 2. The van der Waals surface area contributed by atoms with E-state index in [0.717, 1.165) is 16.6 Å². The third-order valence-corrected chi connectivity index (χ3v) is 4.17. The van der Waals surface area contributed by atoms with Gasteiger partial charge in [0, 0.05) is 31.3 Å². The highest BCUT2D eigenvalue weighted by atomic mass is 16.2. The Hall–Kier alpha value is -2.43. The minimum Gasteiger partial charge on any atom is -0.343 e. The number of amides is 2. The molecule has 2 aromatic rings. The fourth-order valence-corrected chi connectivity index (χ4v) is 2.84. The number of likely N-dealkylation sites (tertiary alicyclic amines) is 1. The van der Waals surface area contributed by atoms with Gasteiger partial charge in [-0.05, 0) is 25.0 Å². The average Bonchev–Trinajstić information content (AvgIpc) is 2.55.